The molecule has 0 aliphatic heterocycles. The van der Waals surface area contributed by atoms with E-state index in [-0.39, 0.29) is 9.88 Å². The average molecular weight is 345 g/mol. The molecule has 0 N–H and O–H groups in total. The Balaban J connectivity index is 1.98. The second-order valence-corrected chi connectivity index (χ2v) is 6.79. The Kier molecular flexibility index (Phi) is 4.31. The number of ether oxygens (including phenoxy) is 1. The highest BCUT2D eigenvalue weighted by molar-refractivity contribution is 7.99. The van der Waals surface area contributed by atoms with Crippen LogP contribution in [0, 0.1) is 10.1 Å². The number of hydrogen-bond donors (Lipinski definition) is 0. The zero-order chi connectivity index (χ0) is 16.4. The number of carbonyl (C=O) groups excluding carboxylic acids is 1. The van der Waals surface area contributed by atoms with E-state index < -0.39 is 10.9 Å². The fourth-order valence-corrected chi connectivity index (χ4v) is 4.15. The van der Waals surface area contributed by atoms with Gasteiger partial charge in [-0.1, -0.05) is 53.4 Å². The minimum Gasteiger partial charge on any atom is -0.465 e. The second-order valence-electron chi connectivity index (χ2n) is 4.64. The SMILES string of the molecule is COC(=O)c1cc(Sc2ccc3ccccc3c2)c([N+](=O)[O-])s1. The highest BCUT2D eigenvalue weighted by Gasteiger charge is 2.23. The molecule has 0 amide bonds. The lowest BCUT2D eigenvalue weighted by Crippen LogP contribution is -1.96. The van der Waals surface area contributed by atoms with E-state index in [1.807, 2.05) is 42.5 Å². The standard InChI is InChI=1S/C16H11NO4S2/c1-21-16(18)14-9-13(15(23-14)17(19)20)22-12-7-6-10-4-2-3-5-11(10)8-12/h2-9H,1H3. The maximum Gasteiger partial charge on any atom is 0.348 e. The van der Waals surface area contributed by atoms with Crippen LogP contribution in [0.1, 0.15) is 9.67 Å². The third-order valence-corrected chi connectivity index (χ3v) is 5.40. The molecular formula is C16H11NO4S2. The molecule has 3 aromatic rings. The number of fused-ring (bicyclic) bond motifs is 1. The van der Waals surface area contributed by atoms with Crippen molar-refractivity contribution in [1.29, 1.82) is 0 Å². The molecule has 116 valence electrons. The molecule has 0 atom stereocenters. The number of carbonyl (C=O) groups is 1. The van der Waals surface area contributed by atoms with Gasteiger partial charge < -0.3 is 4.74 Å². The maximum atomic E-state index is 11.6. The van der Waals surface area contributed by atoms with E-state index in [0.29, 0.717) is 4.90 Å². The quantitative estimate of drug-likeness (QED) is 0.388. The summed E-state index contributed by atoms with van der Waals surface area (Å²) in [5.41, 5.74) is 0. The van der Waals surface area contributed by atoms with Crippen molar-refractivity contribution in [2.24, 2.45) is 0 Å². The summed E-state index contributed by atoms with van der Waals surface area (Å²) < 4.78 is 4.63. The van der Waals surface area contributed by atoms with Crippen molar-refractivity contribution in [2.75, 3.05) is 7.11 Å². The summed E-state index contributed by atoms with van der Waals surface area (Å²) in [4.78, 5) is 23.9. The number of rotatable bonds is 4. The van der Waals surface area contributed by atoms with Crippen LogP contribution in [0.2, 0.25) is 0 Å². The normalized spacial score (nSPS) is 10.7. The van der Waals surface area contributed by atoms with Gasteiger partial charge in [0.2, 0.25) is 0 Å². The Hall–Kier alpha value is -2.38. The molecule has 0 spiro atoms. The van der Waals surface area contributed by atoms with Crippen molar-refractivity contribution in [2.45, 2.75) is 9.79 Å². The first-order valence-electron chi connectivity index (χ1n) is 6.61. The average Bonchev–Trinajstić information content (AvgIpc) is 2.98. The van der Waals surface area contributed by atoms with E-state index >= 15 is 0 Å². The van der Waals surface area contributed by atoms with E-state index in [1.165, 1.54) is 24.9 Å². The van der Waals surface area contributed by atoms with Crippen LogP contribution in [-0.2, 0) is 4.74 Å². The Labute approximate surface area is 140 Å². The predicted octanol–water partition coefficient (Wildman–Crippen LogP) is 4.75. The van der Waals surface area contributed by atoms with Crippen molar-refractivity contribution in [1.82, 2.24) is 0 Å². The van der Waals surface area contributed by atoms with Gasteiger partial charge in [-0.2, -0.15) is 0 Å². The Bertz CT molecular complexity index is 904. The number of methoxy groups -OCH3 is 1. The monoisotopic (exact) mass is 345 g/mol. The molecule has 0 aliphatic rings. The lowest BCUT2D eigenvalue weighted by Gasteiger charge is -2.02. The lowest BCUT2D eigenvalue weighted by molar-refractivity contribution is -0.382. The van der Waals surface area contributed by atoms with Gasteiger partial charge in [0.15, 0.2) is 0 Å². The van der Waals surface area contributed by atoms with Crippen LogP contribution in [0.4, 0.5) is 5.00 Å². The zero-order valence-electron chi connectivity index (χ0n) is 12.0. The molecule has 7 heteroatoms. The van der Waals surface area contributed by atoms with E-state index in [9.17, 15) is 14.9 Å². The van der Waals surface area contributed by atoms with E-state index in [2.05, 4.69) is 4.74 Å². The molecule has 0 radical (unpaired) electrons. The molecule has 1 heterocycles. The molecule has 1 aromatic heterocycles. The van der Waals surface area contributed by atoms with Gasteiger partial charge in [-0.3, -0.25) is 10.1 Å². The summed E-state index contributed by atoms with van der Waals surface area (Å²) in [5.74, 6) is -0.566. The molecule has 0 bridgehead atoms. The predicted molar refractivity (Wildman–Crippen MR) is 90.4 cm³/mol. The molecule has 23 heavy (non-hydrogen) atoms. The minimum absolute atomic E-state index is 0.0523. The molecule has 5 nitrogen and oxygen atoms in total. The lowest BCUT2D eigenvalue weighted by atomic mass is 10.1. The fourth-order valence-electron chi connectivity index (χ4n) is 2.12. The first-order chi connectivity index (χ1) is 11.1. The van der Waals surface area contributed by atoms with Gasteiger partial charge in [0.25, 0.3) is 0 Å². The van der Waals surface area contributed by atoms with Crippen LogP contribution in [0.25, 0.3) is 10.8 Å². The van der Waals surface area contributed by atoms with Crippen LogP contribution < -0.4 is 0 Å². The van der Waals surface area contributed by atoms with Crippen molar-refractivity contribution in [3.05, 3.63) is 63.5 Å². The number of nitro groups is 1. The summed E-state index contributed by atoms with van der Waals surface area (Å²) >= 11 is 2.10. The van der Waals surface area contributed by atoms with Crippen molar-refractivity contribution in [3.63, 3.8) is 0 Å². The summed E-state index contributed by atoms with van der Waals surface area (Å²) in [6.07, 6.45) is 0. The molecule has 2 aromatic carbocycles. The van der Waals surface area contributed by atoms with Gasteiger partial charge >= 0.3 is 11.0 Å². The van der Waals surface area contributed by atoms with Gasteiger partial charge in [0.05, 0.1) is 12.0 Å². The zero-order valence-corrected chi connectivity index (χ0v) is 13.6. The van der Waals surface area contributed by atoms with Crippen LogP contribution in [-0.4, -0.2) is 18.0 Å². The largest absolute Gasteiger partial charge is 0.465 e. The third kappa shape index (κ3) is 3.20. The first-order valence-corrected chi connectivity index (χ1v) is 8.25. The number of esters is 1. The molecule has 0 unspecified atom stereocenters. The minimum atomic E-state index is -0.566. The van der Waals surface area contributed by atoms with Crippen molar-refractivity contribution < 1.29 is 14.5 Å². The van der Waals surface area contributed by atoms with Crippen LogP contribution in [0.5, 0.6) is 0 Å². The van der Waals surface area contributed by atoms with Gasteiger partial charge in [-0.15, -0.1) is 0 Å². The maximum absolute atomic E-state index is 11.6. The van der Waals surface area contributed by atoms with Crippen LogP contribution in [0.3, 0.4) is 0 Å². The smallest absolute Gasteiger partial charge is 0.348 e. The van der Waals surface area contributed by atoms with Crippen LogP contribution in [0.15, 0.2) is 58.3 Å². The third-order valence-electron chi connectivity index (χ3n) is 3.18. The molecular weight excluding hydrogens is 334 g/mol. The van der Waals surface area contributed by atoms with Crippen LogP contribution >= 0.6 is 23.1 Å². The summed E-state index contributed by atoms with van der Waals surface area (Å²) in [5, 5.41) is 13.3. The van der Waals surface area contributed by atoms with Crippen molar-refractivity contribution in [3.8, 4) is 0 Å². The van der Waals surface area contributed by atoms with Gasteiger partial charge in [0, 0.05) is 4.90 Å². The first kappa shape index (κ1) is 15.5. The summed E-state index contributed by atoms with van der Waals surface area (Å²) in [6.45, 7) is 0. The summed E-state index contributed by atoms with van der Waals surface area (Å²) in [6, 6.07) is 15.3. The Morgan fingerprint density at radius 2 is 1.91 bits per heavy atom. The molecule has 0 fully saturated rings. The molecule has 0 saturated heterocycles. The van der Waals surface area contributed by atoms with Gasteiger partial charge in [0.1, 0.15) is 9.77 Å². The highest BCUT2D eigenvalue weighted by atomic mass is 32.2. The molecule has 0 aliphatic carbocycles. The molecule has 3 rings (SSSR count). The number of nitrogens with zero attached hydrogens (tertiary/aromatic N) is 1. The number of benzene rings is 2. The fraction of sp³-hybridized carbons (Fsp3) is 0.0625. The second kappa shape index (κ2) is 6.39. The Morgan fingerprint density at radius 3 is 2.61 bits per heavy atom. The number of hydrogen-bond acceptors (Lipinski definition) is 6. The van der Waals surface area contributed by atoms with E-state index in [1.54, 1.807) is 0 Å². The molecule has 0 saturated carbocycles. The topological polar surface area (TPSA) is 69.4 Å². The van der Waals surface area contributed by atoms with Gasteiger partial charge in [-0.25, -0.2) is 4.79 Å². The summed E-state index contributed by atoms with van der Waals surface area (Å²) in [7, 11) is 1.25. The van der Waals surface area contributed by atoms with Gasteiger partial charge in [-0.05, 0) is 29.0 Å². The van der Waals surface area contributed by atoms with E-state index in [0.717, 1.165) is 27.0 Å². The van der Waals surface area contributed by atoms with Crippen molar-refractivity contribution >= 4 is 44.8 Å². The Morgan fingerprint density at radius 1 is 1.17 bits per heavy atom. The number of thiophene rings is 1. The van der Waals surface area contributed by atoms with E-state index in [4.69, 9.17) is 0 Å². The highest BCUT2D eigenvalue weighted by Crippen LogP contribution is 2.41.